The van der Waals surface area contributed by atoms with Crippen molar-refractivity contribution in [3.63, 3.8) is 0 Å². The molecule has 2 heterocycles. The molecule has 1 aliphatic heterocycles. The van der Waals surface area contributed by atoms with Crippen molar-refractivity contribution in [2.75, 3.05) is 11.4 Å². The fourth-order valence-electron chi connectivity index (χ4n) is 2.16. The summed E-state index contributed by atoms with van der Waals surface area (Å²) in [5.41, 5.74) is 1.00. The van der Waals surface area contributed by atoms with Crippen molar-refractivity contribution in [1.29, 1.82) is 0 Å². The third-order valence-electron chi connectivity index (χ3n) is 3.33. The zero-order valence-corrected chi connectivity index (χ0v) is 14.0. The molecule has 4 heteroatoms. The van der Waals surface area contributed by atoms with Crippen molar-refractivity contribution in [3.8, 4) is 0 Å². The van der Waals surface area contributed by atoms with Gasteiger partial charge in [0, 0.05) is 51.5 Å². The van der Waals surface area contributed by atoms with Gasteiger partial charge in [0.25, 0.3) is 0 Å². The maximum atomic E-state index is 12.0. The first kappa shape index (κ1) is 15.8. The summed E-state index contributed by atoms with van der Waals surface area (Å²) < 4.78 is 0. The Balaban J connectivity index is 0.00000162. The van der Waals surface area contributed by atoms with Crippen LogP contribution in [0.25, 0.3) is 0 Å². The maximum absolute atomic E-state index is 12.0. The predicted molar refractivity (Wildman–Crippen MR) is 67.8 cm³/mol. The van der Waals surface area contributed by atoms with Gasteiger partial charge in [-0.3, -0.25) is 4.79 Å². The van der Waals surface area contributed by atoms with E-state index in [0.717, 1.165) is 37.2 Å². The molecule has 1 saturated heterocycles. The summed E-state index contributed by atoms with van der Waals surface area (Å²) >= 11 is 0. The maximum Gasteiger partial charge on any atom is 0.217 e. The van der Waals surface area contributed by atoms with E-state index < -0.39 is 0 Å². The SMILES string of the molecule is Cc1[c-]cc(N2CCC(C)CCCC2=O)nc1.[Y]. The summed E-state index contributed by atoms with van der Waals surface area (Å²) in [6, 6.07) is 4.93. The summed E-state index contributed by atoms with van der Waals surface area (Å²) in [6.45, 7) is 4.99. The smallest absolute Gasteiger partial charge is 0.217 e. The molecule has 0 aromatic carbocycles. The van der Waals surface area contributed by atoms with Crippen LogP contribution in [0.5, 0.6) is 0 Å². The number of aryl methyl sites for hydroxylation is 1. The molecule has 1 aromatic heterocycles. The van der Waals surface area contributed by atoms with Crippen LogP contribution in [0.1, 0.15) is 38.2 Å². The van der Waals surface area contributed by atoms with Gasteiger partial charge >= 0.3 is 0 Å². The molecule has 1 unspecified atom stereocenters. The number of aromatic nitrogens is 1. The van der Waals surface area contributed by atoms with Gasteiger partial charge in [-0.1, -0.05) is 26.5 Å². The van der Waals surface area contributed by atoms with E-state index in [2.05, 4.69) is 18.0 Å². The zero-order chi connectivity index (χ0) is 12.3. The number of amides is 1. The number of rotatable bonds is 1. The second-order valence-corrected chi connectivity index (χ2v) is 4.92. The molecule has 1 aromatic rings. The molecule has 1 aliphatic rings. The average molecular weight is 320 g/mol. The number of carbonyl (C=O) groups is 1. The number of pyridine rings is 1. The Hall–Kier alpha value is -0.276. The second-order valence-electron chi connectivity index (χ2n) is 4.92. The second kappa shape index (κ2) is 7.35. The van der Waals surface area contributed by atoms with Crippen molar-refractivity contribution in [1.82, 2.24) is 4.98 Å². The fourth-order valence-corrected chi connectivity index (χ4v) is 2.16. The van der Waals surface area contributed by atoms with Crippen molar-refractivity contribution in [2.45, 2.75) is 39.5 Å². The van der Waals surface area contributed by atoms with Gasteiger partial charge in [0.05, 0.1) is 0 Å². The Morgan fingerprint density at radius 2 is 2.22 bits per heavy atom. The van der Waals surface area contributed by atoms with E-state index in [0.29, 0.717) is 12.3 Å². The third kappa shape index (κ3) is 4.13. The van der Waals surface area contributed by atoms with Gasteiger partial charge in [0.2, 0.25) is 5.91 Å². The molecule has 1 radical (unpaired) electrons. The number of carbonyl (C=O) groups excluding carboxylic acids is 1. The average Bonchev–Trinajstić information content (AvgIpc) is 2.29. The molecule has 0 saturated carbocycles. The minimum absolute atomic E-state index is 0. The normalized spacial score (nSPS) is 20.9. The number of anilines is 1. The van der Waals surface area contributed by atoms with Crippen LogP contribution >= 0.6 is 0 Å². The van der Waals surface area contributed by atoms with Crippen molar-refractivity contribution in [2.24, 2.45) is 5.92 Å². The quantitative estimate of drug-likeness (QED) is 0.746. The van der Waals surface area contributed by atoms with Gasteiger partial charge < -0.3 is 9.88 Å². The van der Waals surface area contributed by atoms with E-state index in [9.17, 15) is 4.79 Å². The molecule has 0 N–H and O–H groups in total. The van der Waals surface area contributed by atoms with Crippen molar-refractivity contribution in [3.05, 3.63) is 23.9 Å². The predicted octanol–water partition coefficient (Wildman–Crippen LogP) is 2.73. The third-order valence-corrected chi connectivity index (χ3v) is 3.33. The first-order valence-corrected chi connectivity index (χ1v) is 6.31. The Labute approximate surface area is 134 Å². The summed E-state index contributed by atoms with van der Waals surface area (Å²) in [5.74, 6) is 1.64. The molecule has 0 spiro atoms. The van der Waals surface area contributed by atoms with Crippen molar-refractivity contribution < 1.29 is 37.5 Å². The Bertz CT molecular complexity index is 391. The molecular weight excluding hydrogens is 301 g/mol. The minimum Gasteiger partial charge on any atom is -0.367 e. The number of hydrogen-bond donors (Lipinski definition) is 0. The Kier molecular flexibility index (Phi) is 6.44. The molecule has 1 amide bonds. The summed E-state index contributed by atoms with van der Waals surface area (Å²) in [7, 11) is 0. The van der Waals surface area contributed by atoms with Crippen LogP contribution in [0.15, 0.2) is 12.3 Å². The zero-order valence-electron chi connectivity index (χ0n) is 11.1. The van der Waals surface area contributed by atoms with E-state index in [1.807, 2.05) is 17.9 Å². The largest absolute Gasteiger partial charge is 0.367 e. The van der Waals surface area contributed by atoms with Crippen molar-refractivity contribution >= 4 is 11.7 Å². The van der Waals surface area contributed by atoms with Crippen LogP contribution in [0.4, 0.5) is 5.82 Å². The first-order chi connectivity index (χ1) is 8.16. The number of nitrogens with zero attached hydrogens (tertiary/aromatic N) is 2. The molecule has 18 heavy (non-hydrogen) atoms. The van der Waals surface area contributed by atoms with Crippen LogP contribution < -0.4 is 4.90 Å². The van der Waals surface area contributed by atoms with Gasteiger partial charge in [-0.25, -0.2) is 0 Å². The molecule has 3 nitrogen and oxygen atoms in total. The number of hydrogen-bond acceptors (Lipinski definition) is 2. The van der Waals surface area contributed by atoms with Crippen LogP contribution in [-0.4, -0.2) is 17.4 Å². The van der Waals surface area contributed by atoms with E-state index >= 15 is 0 Å². The molecule has 0 aliphatic carbocycles. The van der Waals surface area contributed by atoms with E-state index in [1.54, 1.807) is 6.20 Å². The molecule has 95 valence electrons. The Morgan fingerprint density at radius 3 is 2.89 bits per heavy atom. The fraction of sp³-hybridized carbons (Fsp3) is 0.571. The molecule has 1 atom stereocenters. The summed E-state index contributed by atoms with van der Waals surface area (Å²) in [6.07, 6.45) is 5.62. The molecule has 1 fully saturated rings. The molecule has 2 rings (SSSR count). The topological polar surface area (TPSA) is 33.2 Å². The Morgan fingerprint density at radius 1 is 1.44 bits per heavy atom. The van der Waals surface area contributed by atoms with Gasteiger partial charge in [0.15, 0.2) is 0 Å². The van der Waals surface area contributed by atoms with Crippen LogP contribution in [0, 0.1) is 18.9 Å². The monoisotopic (exact) mass is 320 g/mol. The van der Waals surface area contributed by atoms with Gasteiger partial charge in [-0.05, 0) is 18.8 Å². The van der Waals surface area contributed by atoms with Gasteiger partial charge in [0.1, 0.15) is 0 Å². The summed E-state index contributed by atoms with van der Waals surface area (Å²) in [4.78, 5) is 18.2. The van der Waals surface area contributed by atoms with Gasteiger partial charge in [-0.15, -0.1) is 11.6 Å². The van der Waals surface area contributed by atoms with Crippen LogP contribution in [0.3, 0.4) is 0 Å². The van der Waals surface area contributed by atoms with Gasteiger partial charge in [-0.2, -0.15) is 6.07 Å². The minimum atomic E-state index is 0. The van der Waals surface area contributed by atoms with Crippen LogP contribution in [0.2, 0.25) is 0 Å². The first-order valence-electron chi connectivity index (χ1n) is 6.31. The van der Waals surface area contributed by atoms with E-state index in [-0.39, 0.29) is 38.6 Å². The standard InChI is InChI=1S/C14H19N2O.Y/c1-11-4-3-5-14(17)16(9-8-11)13-7-6-12(2)10-15-13;/h7,10-11H,3-5,8-9H2,1-2H3;/q-1;. The molecule has 0 bridgehead atoms. The molecular formula is C14H19N2OY-. The van der Waals surface area contributed by atoms with E-state index in [4.69, 9.17) is 0 Å². The van der Waals surface area contributed by atoms with E-state index in [1.165, 1.54) is 0 Å². The van der Waals surface area contributed by atoms with Crippen LogP contribution in [-0.2, 0) is 37.5 Å². The summed E-state index contributed by atoms with van der Waals surface area (Å²) in [5, 5.41) is 0.